The minimum atomic E-state index is -0.588. The second-order valence-corrected chi connectivity index (χ2v) is 5.51. The van der Waals surface area contributed by atoms with Crippen molar-refractivity contribution in [2.24, 2.45) is 0 Å². The Morgan fingerprint density at radius 1 is 1.15 bits per heavy atom. The molecule has 0 spiro atoms. The van der Waals surface area contributed by atoms with E-state index in [-0.39, 0.29) is 0 Å². The van der Waals surface area contributed by atoms with Gasteiger partial charge in [0.25, 0.3) is 0 Å². The molecule has 3 nitrogen and oxygen atoms in total. The summed E-state index contributed by atoms with van der Waals surface area (Å²) in [6.07, 6.45) is 1.55. The van der Waals surface area contributed by atoms with Crippen LogP contribution in [-0.2, 0) is 6.54 Å². The van der Waals surface area contributed by atoms with Gasteiger partial charge in [0.2, 0.25) is 0 Å². The van der Waals surface area contributed by atoms with E-state index < -0.39 is 5.60 Å². The topological polar surface area (TPSA) is 45.1 Å². The first-order valence-corrected chi connectivity index (χ1v) is 7.36. The molecule has 0 aliphatic heterocycles. The normalized spacial score (nSPS) is 12.0. The third-order valence-corrected chi connectivity index (χ3v) is 3.99. The maximum Gasteiger partial charge on any atom is 0.0766 e. The second-order valence-electron chi connectivity index (χ2n) is 5.51. The van der Waals surface area contributed by atoms with Gasteiger partial charge in [-0.15, -0.1) is 0 Å². The van der Waals surface area contributed by atoms with Crippen molar-refractivity contribution >= 4 is 10.9 Å². The van der Waals surface area contributed by atoms with Gasteiger partial charge in [-0.1, -0.05) is 26.0 Å². The van der Waals surface area contributed by atoms with E-state index >= 15 is 0 Å². The van der Waals surface area contributed by atoms with Crippen LogP contribution in [0.4, 0.5) is 0 Å². The van der Waals surface area contributed by atoms with Gasteiger partial charge in [-0.3, -0.25) is 4.98 Å². The fraction of sp³-hybridized carbons (Fsp3) is 0.471. The number of benzene rings is 1. The maximum atomic E-state index is 10.2. The Hall–Kier alpha value is -1.45. The fourth-order valence-electron chi connectivity index (χ4n) is 2.33. The molecule has 2 aromatic rings. The van der Waals surface area contributed by atoms with Crippen LogP contribution in [0.2, 0.25) is 0 Å². The Bertz CT molecular complexity index is 576. The average Bonchev–Trinajstić information content (AvgIpc) is 2.47. The van der Waals surface area contributed by atoms with Crippen molar-refractivity contribution < 1.29 is 5.11 Å². The highest BCUT2D eigenvalue weighted by molar-refractivity contribution is 5.79. The zero-order valence-electron chi connectivity index (χ0n) is 12.6. The number of nitrogens with one attached hydrogen (secondary N) is 1. The third-order valence-electron chi connectivity index (χ3n) is 3.99. The maximum absolute atomic E-state index is 10.2. The minimum Gasteiger partial charge on any atom is -0.389 e. The molecule has 0 amide bonds. The summed E-state index contributed by atoms with van der Waals surface area (Å²) in [5, 5.41) is 14.7. The summed E-state index contributed by atoms with van der Waals surface area (Å²) >= 11 is 0. The van der Waals surface area contributed by atoms with Crippen LogP contribution in [0.15, 0.2) is 30.3 Å². The number of aromatic nitrogens is 1. The van der Waals surface area contributed by atoms with Crippen molar-refractivity contribution in [2.75, 3.05) is 6.54 Å². The molecule has 0 saturated carbocycles. The first-order chi connectivity index (χ1) is 9.56. The zero-order chi connectivity index (χ0) is 14.6. The van der Waals surface area contributed by atoms with Crippen molar-refractivity contribution in [1.29, 1.82) is 0 Å². The van der Waals surface area contributed by atoms with Gasteiger partial charge in [-0.2, -0.15) is 0 Å². The summed E-state index contributed by atoms with van der Waals surface area (Å²) in [6.45, 7) is 7.45. The molecule has 1 heterocycles. The van der Waals surface area contributed by atoms with Crippen LogP contribution in [-0.4, -0.2) is 22.2 Å². The highest BCUT2D eigenvalue weighted by Gasteiger charge is 2.20. The SMILES string of the molecule is CCC(O)(CC)CNCc1ccc2nc(C)ccc2c1. The molecule has 0 aliphatic rings. The van der Waals surface area contributed by atoms with Crippen molar-refractivity contribution in [1.82, 2.24) is 10.3 Å². The van der Waals surface area contributed by atoms with Gasteiger partial charge in [-0.25, -0.2) is 0 Å². The summed E-state index contributed by atoms with van der Waals surface area (Å²) in [4.78, 5) is 4.50. The highest BCUT2D eigenvalue weighted by Crippen LogP contribution is 2.16. The number of aryl methyl sites for hydroxylation is 1. The standard InChI is InChI=1S/C17H24N2O/c1-4-17(20,5-2)12-18-11-14-7-9-16-15(10-14)8-6-13(3)19-16/h6-10,18,20H,4-5,11-12H2,1-3H3. The Balaban J connectivity index is 2.02. The molecule has 0 bridgehead atoms. The van der Waals surface area contributed by atoms with Gasteiger partial charge in [-0.05, 0) is 43.5 Å². The highest BCUT2D eigenvalue weighted by atomic mass is 16.3. The van der Waals surface area contributed by atoms with E-state index in [0.29, 0.717) is 6.54 Å². The van der Waals surface area contributed by atoms with Gasteiger partial charge in [0.1, 0.15) is 0 Å². The number of aliphatic hydroxyl groups is 1. The van der Waals surface area contributed by atoms with Crippen LogP contribution in [0.1, 0.15) is 37.9 Å². The van der Waals surface area contributed by atoms with E-state index in [4.69, 9.17) is 0 Å². The van der Waals surface area contributed by atoms with E-state index in [1.807, 2.05) is 26.8 Å². The Labute approximate surface area is 121 Å². The second kappa shape index (κ2) is 6.33. The summed E-state index contributed by atoms with van der Waals surface area (Å²) in [5.74, 6) is 0. The number of pyridine rings is 1. The summed E-state index contributed by atoms with van der Waals surface area (Å²) < 4.78 is 0. The molecule has 0 radical (unpaired) electrons. The number of hydrogen-bond donors (Lipinski definition) is 2. The lowest BCUT2D eigenvalue weighted by molar-refractivity contribution is 0.0323. The molecule has 0 unspecified atom stereocenters. The van der Waals surface area contributed by atoms with Gasteiger partial charge >= 0.3 is 0 Å². The van der Waals surface area contributed by atoms with Crippen LogP contribution in [0.25, 0.3) is 10.9 Å². The summed E-state index contributed by atoms with van der Waals surface area (Å²) in [7, 11) is 0. The molecule has 1 aromatic heterocycles. The molecule has 2 rings (SSSR count). The van der Waals surface area contributed by atoms with Gasteiger partial charge in [0.05, 0.1) is 11.1 Å². The minimum absolute atomic E-state index is 0.588. The zero-order valence-corrected chi connectivity index (χ0v) is 12.6. The number of rotatable bonds is 6. The van der Waals surface area contributed by atoms with Crippen LogP contribution in [0.5, 0.6) is 0 Å². The molecule has 0 atom stereocenters. The Morgan fingerprint density at radius 2 is 1.90 bits per heavy atom. The predicted molar refractivity (Wildman–Crippen MR) is 83.7 cm³/mol. The molecule has 0 aliphatic carbocycles. The van der Waals surface area contributed by atoms with Crippen molar-refractivity contribution in [3.05, 3.63) is 41.6 Å². The third kappa shape index (κ3) is 3.56. The summed E-state index contributed by atoms with van der Waals surface area (Å²) in [5.41, 5.74) is 2.71. The van der Waals surface area contributed by atoms with Gasteiger partial charge < -0.3 is 10.4 Å². The van der Waals surface area contributed by atoms with E-state index in [2.05, 4.69) is 34.6 Å². The molecule has 1 aromatic carbocycles. The first-order valence-electron chi connectivity index (χ1n) is 7.36. The Kier molecular flexibility index (Phi) is 4.73. The van der Waals surface area contributed by atoms with Crippen LogP contribution in [0.3, 0.4) is 0 Å². The molecule has 2 N–H and O–H groups in total. The average molecular weight is 272 g/mol. The number of nitrogens with zero attached hydrogens (tertiary/aromatic N) is 1. The van der Waals surface area contributed by atoms with E-state index in [0.717, 1.165) is 36.0 Å². The van der Waals surface area contributed by atoms with Crippen LogP contribution >= 0.6 is 0 Å². The van der Waals surface area contributed by atoms with Crippen LogP contribution in [0, 0.1) is 6.92 Å². The smallest absolute Gasteiger partial charge is 0.0766 e. The fourth-order valence-corrected chi connectivity index (χ4v) is 2.33. The quantitative estimate of drug-likeness (QED) is 0.849. The van der Waals surface area contributed by atoms with E-state index in [1.165, 1.54) is 5.56 Å². The lowest BCUT2D eigenvalue weighted by atomic mass is 9.97. The molecule has 20 heavy (non-hydrogen) atoms. The molecule has 3 heteroatoms. The monoisotopic (exact) mass is 272 g/mol. The lowest BCUT2D eigenvalue weighted by Gasteiger charge is -2.25. The number of fused-ring (bicyclic) bond motifs is 1. The van der Waals surface area contributed by atoms with E-state index in [1.54, 1.807) is 0 Å². The van der Waals surface area contributed by atoms with E-state index in [9.17, 15) is 5.11 Å². The van der Waals surface area contributed by atoms with Gasteiger partial charge in [0, 0.05) is 24.2 Å². The molecular formula is C17H24N2O. The van der Waals surface area contributed by atoms with Crippen LogP contribution < -0.4 is 5.32 Å². The van der Waals surface area contributed by atoms with Gasteiger partial charge in [0.15, 0.2) is 0 Å². The molecular weight excluding hydrogens is 248 g/mol. The summed E-state index contributed by atoms with van der Waals surface area (Å²) in [6, 6.07) is 10.5. The molecule has 0 fully saturated rings. The Morgan fingerprint density at radius 3 is 2.60 bits per heavy atom. The predicted octanol–water partition coefficient (Wildman–Crippen LogP) is 3.18. The largest absolute Gasteiger partial charge is 0.389 e. The van der Waals surface area contributed by atoms with Crippen molar-refractivity contribution in [3.8, 4) is 0 Å². The lowest BCUT2D eigenvalue weighted by Crippen LogP contribution is -2.39. The molecule has 108 valence electrons. The molecule has 0 saturated heterocycles. The van der Waals surface area contributed by atoms with Crippen molar-refractivity contribution in [3.63, 3.8) is 0 Å². The first kappa shape index (κ1) is 14.9. The van der Waals surface area contributed by atoms with Crippen molar-refractivity contribution in [2.45, 2.75) is 45.8 Å². The number of hydrogen-bond acceptors (Lipinski definition) is 3.